The molecule has 0 spiro atoms. The third kappa shape index (κ3) is 4.74. The Morgan fingerprint density at radius 1 is 1.13 bits per heavy atom. The summed E-state index contributed by atoms with van der Waals surface area (Å²) in [6.07, 6.45) is 1.60. The van der Waals surface area contributed by atoms with E-state index in [2.05, 4.69) is 34.2 Å². The first-order valence-electron chi connectivity index (χ1n) is 10.2. The number of aromatic nitrogens is 2. The van der Waals surface area contributed by atoms with Gasteiger partial charge in [0, 0.05) is 38.0 Å². The van der Waals surface area contributed by atoms with Crippen LogP contribution in [0.3, 0.4) is 0 Å². The second-order valence-corrected chi connectivity index (χ2v) is 7.65. The van der Waals surface area contributed by atoms with Crippen LogP contribution in [0.1, 0.15) is 30.3 Å². The summed E-state index contributed by atoms with van der Waals surface area (Å²) in [6.45, 7) is 2.43. The molecule has 1 amide bonds. The Bertz CT molecular complexity index is 974. The lowest BCUT2D eigenvalue weighted by atomic mass is 10.0. The van der Waals surface area contributed by atoms with Crippen LogP contribution in [0.2, 0.25) is 0 Å². The Morgan fingerprint density at radius 3 is 2.67 bits per heavy atom. The van der Waals surface area contributed by atoms with Gasteiger partial charge in [-0.2, -0.15) is 4.98 Å². The van der Waals surface area contributed by atoms with Crippen LogP contribution in [0.5, 0.6) is 0 Å². The Hall–Kier alpha value is -3.06. The van der Waals surface area contributed by atoms with Gasteiger partial charge in [0.1, 0.15) is 5.82 Å². The van der Waals surface area contributed by atoms with Crippen molar-refractivity contribution in [1.29, 1.82) is 0 Å². The Balaban J connectivity index is 1.34. The number of hydrogen-bond acceptors (Lipinski definition) is 5. The highest BCUT2D eigenvalue weighted by Crippen LogP contribution is 2.26. The van der Waals surface area contributed by atoms with E-state index in [1.807, 2.05) is 23.1 Å². The third-order valence-corrected chi connectivity index (χ3v) is 5.44. The van der Waals surface area contributed by atoms with E-state index in [-0.39, 0.29) is 17.8 Å². The van der Waals surface area contributed by atoms with Gasteiger partial charge in [-0.3, -0.25) is 4.79 Å². The standard InChI is InChI=1S/C23H25FN4O2/c1-27-14-15-28(20(16-27)17-6-3-2-4-7-17)22(29)9-5-8-21-25-23(26-30-21)18-10-12-19(24)13-11-18/h2-4,6-7,10-13,20H,5,8-9,14-16H2,1H3. The zero-order valence-electron chi connectivity index (χ0n) is 17.0. The second kappa shape index (κ2) is 9.17. The summed E-state index contributed by atoms with van der Waals surface area (Å²) in [5.41, 5.74) is 1.86. The van der Waals surface area contributed by atoms with E-state index in [1.165, 1.54) is 17.7 Å². The molecule has 1 aliphatic heterocycles. The fourth-order valence-corrected chi connectivity index (χ4v) is 3.79. The summed E-state index contributed by atoms with van der Waals surface area (Å²) in [4.78, 5) is 21.6. The molecule has 1 fully saturated rings. The minimum absolute atomic E-state index is 0.0749. The lowest BCUT2D eigenvalue weighted by Crippen LogP contribution is -2.49. The number of rotatable bonds is 6. The summed E-state index contributed by atoms with van der Waals surface area (Å²) in [7, 11) is 2.09. The van der Waals surface area contributed by atoms with Crippen molar-refractivity contribution in [3.63, 3.8) is 0 Å². The molecule has 0 N–H and O–H groups in total. The van der Waals surface area contributed by atoms with Crippen molar-refractivity contribution < 1.29 is 13.7 Å². The summed E-state index contributed by atoms with van der Waals surface area (Å²) >= 11 is 0. The molecule has 1 unspecified atom stereocenters. The zero-order chi connectivity index (χ0) is 20.9. The lowest BCUT2D eigenvalue weighted by molar-refractivity contribution is -0.136. The molecule has 4 rings (SSSR count). The van der Waals surface area contributed by atoms with Crippen molar-refractivity contribution in [2.45, 2.75) is 25.3 Å². The predicted molar refractivity (Wildman–Crippen MR) is 111 cm³/mol. The minimum atomic E-state index is -0.307. The van der Waals surface area contributed by atoms with Crippen LogP contribution < -0.4 is 0 Å². The average molecular weight is 408 g/mol. The number of hydrogen-bond donors (Lipinski definition) is 0. The highest BCUT2D eigenvalue weighted by atomic mass is 19.1. The van der Waals surface area contributed by atoms with Crippen LogP contribution in [0.4, 0.5) is 4.39 Å². The molecule has 2 heterocycles. The summed E-state index contributed by atoms with van der Waals surface area (Å²) in [5.74, 6) is 0.758. The van der Waals surface area contributed by atoms with Gasteiger partial charge in [0.05, 0.1) is 6.04 Å². The molecule has 7 heteroatoms. The van der Waals surface area contributed by atoms with Crippen LogP contribution in [-0.2, 0) is 11.2 Å². The second-order valence-electron chi connectivity index (χ2n) is 7.65. The highest BCUT2D eigenvalue weighted by molar-refractivity contribution is 5.77. The van der Waals surface area contributed by atoms with E-state index in [0.717, 1.165) is 19.6 Å². The first kappa shape index (κ1) is 20.2. The van der Waals surface area contributed by atoms with Crippen molar-refractivity contribution in [2.75, 3.05) is 26.7 Å². The number of amides is 1. The number of aryl methyl sites for hydroxylation is 1. The molecular weight excluding hydrogens is 383 g/mol. The summed E-state index contributed by atoms with van der Waals surface area (Å²) in [6, 6.07) is 16.2. The quantitative estimate of drug-likeness (QED) is 0.622. The van der Waals surface area contributed by atoms with Crippen LogP contribution in [0, 0.1) is 5.82 Å². The molecule has 30 heavy (non-hydrogen) atoms. The first-order chi connectivity index (χ1) is 14.6. The Labute approximate surface area is 175 Å². The number of benzene rings is 2. The van der Waals surface area contributed by atoms with E-state index in [4.69, 9.17) is 4.52 Å². The normalized spacial score (nSPS) is 17.3. The molecule has 2 aromatic carbocycles. The number of likely N-dealkylation sites (N-methyl/N-ethyl adjacent to an activating group) is 1. The van der Waals surface area contributed by atoms with Gasteiger partial charge in [-0.15, -0.1) is 0 Å². The maximum Gasteiger partial charge on any atom is 0.226 e. The van der Waals surface area contributed by atoms with Gasteiger partial charge in [-0.1, -0.05) is 35.5 Å². The maximum atomic E-state index is 13.1. The smallest absolute Gasteiger partial charge is 0.226 e. The van der Waals surface area contributed by atoms with E-state index in [9.17, 15) is 9.18 Å². The van der Waals surface area contributed by atoms with Crippen molar-refractivity contribution in [2.24, 2.45) is 0 Å². The van der Waals surface area contributed by atoms with Crippen molar-refractivity contribution in [3.05, 3.63) is 71.9 Å². The summed E-state index contributed by atoms with van der Waals surface area (Å²) in [5, 5.41) is 3.95. The van der Waals surface area contributed by atoms with Gasteiger partial charge in [0.2, 0.25) is 17.6 Å². The SMILES string of the molecule is CN1CCN(C(=O)CCCc2nc(-c3ccc(F)cc3)no2)C(c2ccccc2)C1. The molecule has 1 aliphatic rings. The van der Waals surface area contributed by atoms with E-state index in [1.54, 1.807) is 12.1 Å². The zero-order valence-corrected chi connectivity index (χ0v) is 17.0. The molecule has 3 aromatic rings. The molecule has 156 valence electrons. The minimum Gasteiger partial charge on any atom is -0.339 e. The topological polar surface area (TPSA) is 62.5 Å². The highest BCUT2D eigenvalue weighted by Gasteiger charge is 2.29. The third-order valence-electron chi connectivity index (χ3n) is 5.44. The molecule has 1 saturated heterocycles. The monoisotopic (exact) mass is 408 g/mol. The molecule has 0 aliphatic carbocycles. The van der Waals surface area contributed by atoms with E-state index < -0.39 is 0 Å². The average Bonchev–Trinajstić information content (AvgIpc) is 3.23. The molecule has 0 bridgehead atoms. The van der Waals surface area contributed by atoms with Crippen molar-refractivity contribution >= 4 is 5.91 Å². The molecule has 0 radical (unpaired) electrons. The number of nitrogens with zero attached hydrogens (tertiary/aromatic N) is 4. The van der Waals surface area contributed by atoms with Crippen LogP contribution in [0.15, 0.2) is 59.1 Å². The Morgan fingerprint density at radius 2 is 1.90 bits per heavy atom. The van der Waals surface area contributed by atoms with Crippen molar-refractivity contribution in [1.82, 2.24) is 19.9 Å². The number of halogens is 1. The molecule has 0 saturated carbocycles. The largest absolute Gasteiger partial charge is 0.339 e. The molecule has 6 nitrogen and oxygen atoms in total. The number of carbonyl (C=O) groups excluding carboxylic acids is 1. The first-order valence-corrected chi connectivity index (χ1v) is 10.2. The van der Waals surface area contributed by atoms with E-state index >= 15 is 0 Å². The number of carbonyl (C=O) groups is 1. The van der Waals surface area contributed by atoms with Gasteiger partial charge in [-0.25, -0.2) is 4.39 Å². The van der Waals surface area contributed by atoms with Crippen molar-refractivity contribution in [3.8, 4) is 11.4 Å². The van der Waals surface area contributed by atoms with Gasteiger partial charge in [0.15, 0.2) is 0 Å². The van der Waals surface area contributed by atoms with Crippen LogP contribution >= 0.6 is 0 Å². The predicted octanol–water partition coefficient (Wildman–Crippen LogP) is 3.71. The van der Waals surface area contributed by atoms with Crippen LogP contribution in [0.25, 0.3) is 11.4 Å². The fourth-order valence-electron chi connectivity index (χ4n) is 3.79. The maximum absolute atomic E-state index is 13.1. The number of piperazine rings is 1. The summed E-state index contributed by atoms with van der Waals surface area (Å²) < 4.78 is 18.4. The molecular formula is C23H25FN4O2. The van der Waals surface area contributed by atoms with Gasteiger partial charge in [-0.05, 0) is 43.3 Å². The fraction of sp³-hybridized carbons (Fsp3) is 0.348. The molecule has 1 aromatic heterocycles. The van der Waals surface area contributed by atoms with Gasteiger partial charge >= 0.3 is 0 Å². The Kier molecular flexibility index (Phi) is 6.18. The lowest BCUT2D eigenvalue weighted by Gasteiger charge is -2.40. The van der Waals surface area contributed by atoms with Crippen LogP contribution in [-0.4, -0.2) is 52.5 Å². The van der Waals surface area contributed by atoms with Gasteiger partial charge < -0.3 is 14.3 Å². The van der Waals surface area contributed by atoms with E-state index in [0.29, 0.717) is 36.5 Å². The molecule has 1 atom stereocenters. The van der Waals surface area contributed by atoms with Gasteiger partial charge in [0.25, 0.3) is 0 Å².